The summed E-state index contributed by atoms with van der Waals surface area (Å²) in [6, 6.07) is 5.26. The first-order valence-corrected chi connectivity index (χ1v) is 8.78. The van der Waals surface area contributed by atoms with E-state index in [1.807, 2.05) is 6.92 Å². The summed E-state index contributed by atoms with van der Waals surface area (Å²) in [4.78, 5) is 30.4. The molecule has 110 valence electrons. The van der Waals surface area contributed by atoms with Crippen LogP contribution in [0.4, 0.5) is 5.69 Å². The van der Waals surface area contributed by atoms with Crippen LogP contribution in [0.2, 0.25) is 5.02 Å². The lowest BCUT2D eigenvalue weighted by atomic mass is 10.2. The summed E-state index contributed by atoms with van der Waals surface area (Å²) in [5.41, 5.74) is 1.33. The zero-order valence-corrected chi connectivity index (χ0v) is 13.7. The van der Waals surface area contributed by atoms with Crippen molar-refractivity contribution in [2.24, 2.45) is 4.99 Å². The van der Waals surface area contributed by atoms with E-state index in [1.54, 1.807) is 30.0 Å². The summed E-state index contributed by atoms with van der Waals surface area (Å²) in [6.45, 7) is 2.61. The zero-order chi connectivity index (χ0) is 15.0. The van der Waals surface area contributed by atoms with Gasteiger partial charge in [0.25, 0.3) is 0 Å². The fourth-order valence-corrected chi connectivity index (χ4v) is 4.72. The SMILES string of the molecule is Cc1c(Cl)cccc1N1C(=O)C[C@H](SC2=NCCS2)C1=O. The number of amides is 2. The average Bonchev–Trinajstić information content (AvgIpc) is 3.04. The summed E-state index contributed by atoms with van der Waals surface area (Å²) < 4.78 is 0.908. The highest BCUT2D eigenvalue weighted by Crippen LogP contribution is 2.36. The van der Waals surface area contributed by atoms with Gasteiger partial charge in [-0.05, 0) is 24.6 Å². The number of thioether (sulfide) groups is 2. The number of carbonyl (C=O) groups is 2. The summed E-state index contributed by atoms with van der Waals surface area (Å²) >= 11 is 9.13. The van der Waals surface area contributed by atoms with E-state index in [0.717, 1.165) is 22.2 Å². The zero-order valence-electron chi connectivity index (χ0n) is 11.3. The molecule has 1 aromatic rings. The van der Waals surface area contributed by atoms with Gasteiger partial charge in [-0.25, -0.2) is 4.90 Å². The molecule has 2 amide bonds. The minimum atomic E-state index is -0.375. The Morgan fingerprint density at radius 3 is 2.95 bits per heavy atom. The van der Waals surface area contributed by atoms with Gasteiger partial charge in [-0.3, -0.25) is 14.6 Å². The third kappa shape index (κ3) is 2.84. The van der Waals surface area contributed by atoms with Crippen molar-refractivity contribution in [3.05, 3.63) is 28.8 Å². The van der Waals surface area contributed by atoms with E-state index < -0.39 is 0 Å². The van der Waals surface area contributed by atoms with Gasteiger partial charge >= 0.3 is 0 Å². The maximum absolute atomic E-state index is 12.5. The van der Waals surface area contributed by atoms with Crippen LogP contribution in [0.3, 0.4) is 0 Å². The third-order valence-electron chi connectivity index (χ3n) is 3.39. The molecule has 0 saturated carbocycles. The Labute approximate surface area is 136 Å². The van der Waals surface area contributed by atoms with Crippen molar-refractivity contribution in [2.45, 2.75) is 18.6 Å². The van der Waals surface area contributed by atoms with E-state index in [0.29, 0.717) is 10.7 Å². The normalized spacial score (nSPS) is 22.1. The fourth-order valence-electron chi connectivity index (χ4n) is 2.30. The molecule has 3 rings (SSSR count). The van der Waals surface area contributed by atoms with Crippen molar-refractivity contribution in [1.29, 1.82) is 0 Å². The van der Waals surface area contributed by atoms with Crippen molar-refractivity contribution in [3.63, 3.8) is 0 Å². The number of hydrogen-bond donors (Lipinski definition) is 0. The largest absolute Gasteiger partial charge is 0.274 e. The highest BCUT2D eigenvalue weighted by atomic mass is 35.5. The Morgan fingerprint density at radius 1 is 1.43 bits per heavy atom. The van der Waals surface area contributed by atoms with Gasteiger partial charge in [-0.2, -0.15) is 0 Å². The highest BCUT2D eigenvalue weighted by Gasteiger charge is 2.41. The summed E-state index contributed by atoms with van der Waals surface area (Å²) in [5.74, 6) is 0.603. The predicted octanol–water partition coefficient (Wildman–Crippen LogP) is 3.12. The molecular formula is C14H13ClN2O2S2. The molecule has 7 heteroatoms. The monoisotopic (exact) mass is 340 g/mol. The van der Waals surface area contributed by atoms with Crippen LogP contribution < -0.4 is 4.90 Å². The van der Waals surface area contributed by atoms with Crippen LogP contribution in [0.15, 0.2) is 23.2 Å². The van der Waals surface area contributed by atoms with E-state index in [2.05, 4.69) is 4.99 Å². The van der Waals surface area contributed by atoms with Crippen molar-refractivity contribution in [2.75, 3.05) is 17.2 Å². The molecule has 2 aliphatic heterocycles. The highest BCUT2D eigenvalue weighted by molar-refractivity contribution is 8.39. The number of benzene rings is 1. The fraction of sp³-hybridized carbons (Fsp3) is 0.357. The van der Waals surface area contributed by atoms with Gasteiger partial charge in [0.05, 0.1) is 12.2 Å². The Morgan fingerprint density at radius 2 is 2.24 bits per heavy atom. The molecule has 0 aromatic heterocycles. The van der Waals surface area contributed by atoms with Crippen LogP contribution in [0.5, 0.6) is 0 Å². The first kappa shape index (κ1) is 14.9. The number of halogens is 1. The Kier molecular flexibility index (Phi) is 4.28. The molecule has 2 aliphatic rings. The molecule has 0 spiro atoms. The van der Waals surface area contributed by atoms with E-state index >= 15 is 0 Å². The number of carbonyl (C=O) groups excluding carboxylic acids is 2. The lowest BCUT2D eigenvalue weighted by molar-refractivity contribution is -0.121. The standard InChI is InChI=1S/C14H13ClN2O2S2/c1-8-9(15)3-2-4-10(8)17-12(18)7-11(13(17)19)21-14-16-5-6-20-14/h2-4,11H,5-7H2,1H3/t11-/m0/s1. The minimum absolute atomic E-state index is 0.175. The molecule has 0 unspecified atom stereocenters. The second kappa shape index (κ2) is 6.02. The number of imide groups is 1. The van der Waals surface area contributed by atoms with Crippen LogP contribution in [0.1, 0.15) is 12.0 Å². The molecule has 1 saturated heterocycles. The van der Waals surface area contributed by atoms with Gasteiger partial charge in [0.15, 0.2) is 0 Å². The van der Waals surface area contributed by atoms with E-state index in [9.17, 15) is 9.59 Å². The van der Waals surface area contributed by atoms with E-state index in [-0.39, 0.29) is 23.5 Å². The molecule has 21 heavy (non-hydrogen) atoms. The molecule has 0 N–H and O–H groups in total. The number of rotatable bonds is 2. The van der Waals surface area contributed by atoms with Gasteiger partial charge < -0.3 is 0 Å². The van der Waals surface area contributed by atoms with Crippen molar-refractivity contribution in [3.8, 4) is 0 Å². The molecule has 2 heterocycles. The van der Waals surface area contributed by atoms with Gasteiger partial charge in [-0.1, -0.05) is 41.2 Å². The summed E-state index contributed by atoms with van der Waals surface area (Å²) in [6.07, 6.45) is 0.217. The van der Waals surface area contributed by atoms with Gasteiger partial charge in [0, 0.05) is 17.2 Å². The molecule has 1 aromatic carbocycles. The smallest absolute Gasteiger partial charge is 0.247 e. The predicted molar refractivity (Wildman–Crippen MR) is 89.4 cm³/mol. The molecule has 1 fully saturated rings. The van der Waals surface area contributed by atoms with Crippen molar-refractivity contribution in [1.82, 2.24) is 0 Å². The molecule has 0 bridgehead atoms. The van der Waals surface area contributed by atoms with Gasteiger partial charge in [0.2, 0.25) is 11.8 Å². The third-order valence-corrected chi connectivity index (χ3v) is 6.18. The average molecular weight is 341 g/mol. The molecule has 1 atom stereocenters. The second-order valence-corrected chi connectivity index (χ2v) is 7.70. The maximum Gasteiger partial charge on any atom is 0.247 e. The first-order valence-electron chi connectivity index (χ1n) is 6.54. The van der Waals surface area contributed by atoms with E-state index in [4.69, 9.17) is 11.6 Å². The number of nitrogens with zero attached hydrogens (tertiary/aromatic N) is 2. The summed E-state index contributed by atoms with van der Waals surface area (Å²) in [7, 11) is 0. The van der Waals surface area contributed by atoms with Crippen LogP contribution in [0, 0.1) is 6.92 Å². The summed E-state index contributed by atoms with van der Waals surface area (Å²) in [5, 5.41) is 0.181. The Hall–Kier alpha value is -0.980. The number of hydrogen-bond acceptors (Lipinski definition) is 5. The molecule has 0 aliphatic carbocycles. The quantitative estimate of drug-likeness (QED) is 0.776. The van der Waals surface area contributed by atoms with Gasteiger partial charge in [-0.15, -0.1) is 0 Å². The van der Waals surface area contributed by atoms with Gasteiger partial charge in [0.1, 0.15) is 9.63 Å². The second-order valence-electron chi connectivity index (χ2n) is 4.76. The minimum Gasteiger partial charge on any atom is -0.274 e. The number of aliphatic imine (C=N–C) groups is 1. The first-order chi connectivity index (χ1) is 10.1. The molecular weight excluding hydrogens is 328 g/mol. The van der Waals surface area contributed by atoms with E-state index in [1.165, 1.54) is 16.7 Å². The Balaban J connectivity index is 1.85. The number of anilines is 1. The molecule has 0 radical (unpaired) electrons. The van der Waals surface area contributed by atoms with Crippen LogP contribution in [0.25, 0.3) is 0 Å². The van der Waals surface area contributed by atoms with Crippen molar-refractivity contribution >= 4 is 57.0 Å². The maximum atomic E-state index is 12.5. The lowest BCUT2D eigenvalue weighted by Crippen LogP contribution is -2.31. The van der Waals surface area contributed by atoms with Crippen LogP contribution >= 0.6 is 35.1 Å². The topological polar surface area (TPSA) is 49.7 Å². The Bertz CT molecular complexity index is 648. The van der Waals surface area contributed by atoms with Crippen LogP contribution in [-0.2, 0) is 9.59 Å². The lowest BCUT2D eigenvalue weighted by Gasteiger charge is -2.17. The molecule has 4 nitrogen and oxygen atoms in total. The van der Waals surface area contributed by atoms with Crippen LogP contribution in [-0.4, -0.2) is 33.7 Å². The van der Waals surface area contributed by atoms with Crippen molar-refractivity contribution < 1.29 is 9.59 Å².